The van der Waals surface area contributed by atoms with Crippen LogP contribution in [0.15, 0.2) is 11.6 Å². The summed E-state index contributed by atoms with van der Waals surface area (Å²) in [6.07, 6.45) is 21.1. The molecule has 0 bridgehead atoms. The molecule has 3 saturated carbocycles. The van der Waals surface area contributed by atoms with E-state index in [1.54, 1.807) is 6.92 Å². The molecule has 0 heterocycles. The van der Waals surface area contributed by atoms with Gasteiger partial charge in [0.2, 0.25) is 0 Å². The lowest BCUT2D eigenvalue weighted by Crippen LogP contribution is -2.54. The van der Waals surface area contributed by atoms with Crippen LogP contribution in [0.5, 0.6) is 0 Å². The number of unbranched alkanes of at least 4 members (excludes halogenated alkanes) is 6. The first-order chi connectivity index (χ1) is 16.3. The van der Waals surface area contributed by atoms with E-state index in [1.165, 1.54) is 64.2 Å². The summed E-state index contributed by atoms with van der Waals surface area (Å²) >= 11 is 0. The summed E-state index contributed by atoms with van der Waals surface area (Å²) in [5.74, 6) is 3.20. The number of carbonyl (C=O) groups is 2. The van der Waals surface area contributed by atoms with Gasteiger partial charge in [-0.2, -0.15) is 0 Å². The first kappa shape index (κ1) is 26.0. The average molecular weight is 471 g/mol. The largest absolute Gasteiger partial charge is 0.462 e. The van der Waals surface area contributed by atoms with Gasteiger partial charge in [0.1, 0.15) is 6.10 Å². The van der Waals surface area contributed by atoms with Crippen molar-refractivity contribution in [2.45, 2.75) is 137 Å². The molecule has 0 N–H and O–H groups in total. The summed E-state index contributed by atoms with van der Waals surface area (Å²) in [4.78, 5) is 24.8. The topological polar surface area (TPSA) is 43.4 Å². The summed E-state index contributed by atoms with van der Waals surface area (Å²) in [5.41, 5.74) is 1.61. The predicted octanol–water partition coefficient (Wildman–Crippen LogP) is 8.21. The van der Waals surface area contributed by atoms with Gasteiger partial charge in [-0.15, -0.1) is 0 Å². The van der Waals surface area contributed by atoms with Crippen molar-refractivity contribution < 1.29 is 14.3 Å². The minimum absolute atomic E-state index is 0.0399. The zero-order valence-electron chi connectivity index (χ0n) is 22.5. The second kappa shape index (κ2) is 10.9. The average Bonchev–Trinajstić information content (AvgIpc) is 3.16. The highest BCUT2D eigenvalue weighted by molar-refractivity contribution is 5.95. The van der Waals surface area contributed by atoms with Crippen molar-refractivity contribution in [2.24, 2.45) is 34.5 Å². The SMILES string of the molecule is CCCCCCCCCC(=O)O[C@@H]1CC[C@@]2(C)[C@@H](CC[C@H]3[C@H]2CC[C@]2(C)C(C(C)=O)=CC[C@H]32)C1. The number of hydrogen-bond donors (Lipinski definition) is 0. The number of hydrogen-bond acceptors (Lipinski definition) is 3. The summed E-state index contributed by atoms with van der Waals surface area (Å²) in [6, 6.07) is 0. The highest BCUT2D eigenvalue weighted by Crippen LogP contribution is 2.66. The Morgan fingerprint density at radius 2 is 1.68 bits per heavy atom. The molecule has 0 unspecified atom stereocenters. The molecular weight excluding hydrogens is 420 g/mol. The molecule has 0 aromatic heterocycles. The second-order valence-electron chi connectivity index (χ2n) is 12.8. The number of allylic oxidation sites excluding steroid dienone is 2. The van der Waals surface area contributed by atoms with E-state index >= 15 is 0 Å². The van der Waals surface area contributed by atoms with E-state index in [1.807, 2.05) is 0 Å². The summed E-state index contributed by atoms with van der Waals surface area (Å²) in [7, 11) is 0. The van der Waals surface area contributed by atoms with Gasteiger partial charge in [-0.05, 0) is 105 Å². The molecule has 3 fully saturated rings. The molecule has 192 valence electrons. The van der Waals surface area contributed by atoms with Crippen LogP contribution >= 0.6 is 0 Å². The number of ether oxygens (including phenoxy) is 1. The van der Waals surface area contributed by atoms with Gasteiger partial charge < -0.3 is 4.74 Å². The molecule has 0 saturated heterocycles. The number of carbonyl (C=O) groups excluding carboxylic acids is 2. The van der Waals surface area contributed by atoms with Crippen LogP contribution in [-0.2, 0) is 14.3 Å². The zero-order valence-corrected chi connectivity index (χ0v) is 22.5. The first-order valence-electron chi connectivity index (χ1n) is 14.7. The number of ketones is 1. The molecule has 4 aliphatic carbocycles. The van der Waals surface area contributed by atoms with E-state index < -0.39 is 0 Å². The van der Waals surface area contributed by atoms with E-state index in [2.05, 4.69) is 26.8 Å². The molecule has 4 rings (SSSR count). The van der Waals surface area contributed by atoms with Gasteiger partial charge in [0, 0.05) is 6.42 Å². The van der Waals surface area contributed by atoms with Crippen LogP contribution in [0, 0.1) is 34.5 Å². The molecule has 0 aliphatic heterocycles. The molecule has 0 amide bonds. The van der Waals surface area contributed by atoms with E-state index in [0.29, 0.717) is 29.5 Å². The third kappa shape index (κ3) is 5.05. The molecule has 34 heavy (non-hydrogen) atoms. The van der Waals surface area contributed by atoms with Crippen molar-refractivity contribution in [3.8, 4) is 0 Å². The van der Waals surface area contributed by atoms with Crippen molar-refractivity contribution in [2.75, 3.05) is 0 Å². The second-order valence-corrected chi connectivity index (χ2v) is 12.8. The molecular formula is C31H50O3. The third-order valence-electron chi connectivity index (χ3n) is 10.9. The molecule has 0 aromatic carbocycles. The lowest BCUT2D eigenvalue weighted by Gasteiger charge is -2.60. The maximum Gasteiger partial charge on any atom is 0.306 e. The molecule has 0 aromatic rings. The highest BCUT2D eigenvalue weighted by atomic mass is 16.5. The number of rotatable bonds is 10. The van der Waals surface area contributed by atoms with E-state index in [4.69, 9.17) is 4.74 Å². The minimum Gasteiger partial charge on any atom is -0.462 e. The first-order valence-corrected chi connectivity index (χ1v) is 14.7. The maximum absolute atomic E-state index is 12.5. The predicted molar refractivity (Wildman–Crippen MR) is 138 cm³/mol. The molecule has 3 nitrogen and oxygen atoms in total. The molecule has 4 aliphatic rings. The van der Waals surface area contributed by atoms with Crippen LogP contribution in [0.25, 0.3) is 0 Å². The van der Waals surface area contributed by atoms with Gasteiger partial charge in [-0.25, -0.2) is 0 Å². The maximum atomic E-state index is 12.5. The van der Waals surface area contributed by atoms with Crippen molar-refractivity contribution in [1.82, 2.24) is 0 Å². The minimum atomic E-state index is 0.0399. The van der Waals surface area contributed by atoms with E-state index in [9.17, 15) is 9.59 Å². The van der Waals surface area contributed by atoms with Crippen LogP contribution in [0.4, 0.5) is 0 Å². The monoisotopic (exact) mass is 470 g/mol. The van der Waals surface area contributed by atoms with Crippen LogP contribution in [0.3, 0.4) is 0 Å². The Hall–Kier alpha value is -1.12. The van der Waals surface area contributed by atoms with Gasteiger partial charge in [0.25, 0.3) is 0 Å². The summed E-state index contributed by atoms with van der Waals surface area (Å²) in [5, 5.41) is 0. The van der Waals surface area contributed by atoms with Crippen molar-refractivity contribution in [1.29, 1.82) is 0 Å². The zero-order chi connectivity index (χ0) is 24.3. The van der Waals surface area contributed by atoms with Gasteiger partial charge in [0.05, 0.1) is 0 Å². The standard InChI is InChI=1S/C31H50O3/c1-5-6-7-8-9-10-11-12-29(33)34-24-17-19-30(3)23(21-24)13-14-25-27-16-15-26(22(2)32)31(27,4)20-18-28(25)30/h15,23-25,27-28H,5-14,16-21H2,1-4H3/t23-,24+,25+,27+,28+,30-,31+/m0/s1. The van der Waals surface area contributed by atoms with E-state index in [0.717, 1.165) is 49.5 Å². The molecule has 3 heteroatoms. The van der Waals surface area contributed by atoms with Crippen molar-refractivity contribution >= 4 is 11.8 Å². The Kier molecular flexibility index (Phi) is 8.30. The Balaban J connectivity index is 1.26. The Morgan fingerprint density at radius 3 is 2.41 bits per heavy atom. The molecule has 0 radical (unpaired) electrons. The fourth-order valence-corrected chi connectivity index (χ4v) is 8.91. The summed E-state index contributed by atoms with van der Waals surface area (Å²) in [6.45, 7) is 8.95. The summed E-state index contributed by atoms with van der Waals surface area (Å²) < 4.78 is 6.01. The Morgan fingerprint density at radius 1 is 0.941 bits per heavy atom. The fraction of sp³-hybridized carbons (Fsp3) is 0.871. The smallest absolute Gasteiger partial charge is 0.306 e. The van der Waals surface area contributed by atoms with Crippen molar-refractivity contribution in [3.63, 3.8) is 0 Å². The molecule has 7 atom stereocenters. The van der Waals surface area contributed by atoms with Gasteiger partial charge in [-0.3, -0.25) is 9.59 Å². The number of Topliss-reactive ketones (excluding diaryl/α,β-unsaturated/α-hetero) is 1. The van der Waals surface area contributed by atoms with Crippen LogP contribution in [0.2, 0.25) is 0 Å². The highest BCUT2D eigenvalue weighted by Gasteiger charge is 2.59. The quantitative estimate of drug-likeness (QED) is 0.239. The van der Waals surface area contributed by atoms with Crippen molar-refractivity contribution in [3.05, 3.63) is 11.6 Å². The lowest BCUT2D eigenvalue weighted by molar-refractivity contribution is -0.161. The van der Waals surface area contributed by atoms with E-state index in [-0.39, 0.29) is 17.5 Å². The Labute approximate surface area is 208 Å². The van der Waals surface area contributed by atoms with Crippen LogP contribution in [-0.4, -0.2) is 17.9 Å². The van der Waals surface area contributed by atoms with Crippen LogP contribution < -0.4 is 0 Å². The molecule has 0 spiro atoms. The van der Waals surface area contributed by atoms with Gasteiger partial charge in [0.15, 0.2) is 5.78 Å². The number of fused-ring (bicyclic) bond motifs is 5. The lowest BCUT2D eigenvalue weighted by atomic mass is 9.44. The third-order valence-corrected chi connectivity index (χ3v) is 10.9. The number of esters is 1. The van der Waals surface area contributed by atoms with Gasteiger partial charge >= 0.3 is 5.97 Å². The Bertz CT molecular complexity index is 769. The van der Waals surface area contributed by atoms with Gasteiger partial charge in [-0.1, -0.05) is 65.4 Å². The normalized spacial score (nSPS) is 38.9. The fourth-order valence-electron chi connectivity index (χ4n) is 8.91. The van der Waals surface area contributed by atoms with Crippen LogP contribution in [0.1, 0.15) is 130 Å².